The summed E-state index contributed by atoms with van der Waals surface area (Å²) < 4.78 is 5.78. The quantitative estimate of drug-likeness (QED) is 0.716. The standard InChI is InChI=1S/C19H19ClN2O2/c1-13(10-17-11-15-4-2-3-5-18(15)24-17)22-19(23)21-12-14-6-8-16(20)9-7-14/h2-9,11,13H,10,12H2,1H3,(H2,21,22,23)/t13-/m0/s1. The molecule has 0 spiro atoms. The lowest BCUT2D eigenvalue weighted by Crippen LogP contribution is -2.41. The largest absolute Gasteiger partial charge is 0.461 e. The van der Waals surface area contributed by atoms with Crippen LogP contribution in [-0.2, 0) is 13.0 Å². The fraction of sp³-hybridized carbons (Fsp3) is 0.211. The van der Waals surface area contributed by atoms with E-state index in [4.69, 9.17) is 16.0 Å². The van der Waals surface area contributed by atoms with Crippen LogP contribution in [0, 0.1) is 0 Å². The second kappa shape index (κ2) is 7.41. The average molecular weight is 343 g/mol. The van der Waals surface area contributed by atoms with Gasteiger partial charge in [-0.3, -0.25) is 0 Å². The van der Waals surface area contributed by atoms with Gasteiger partial charge in [0.1, 0.15) is 11.3 Å². The topological polar surface area (TPSA) is 54.3 Å². The lowest BCUT2D eigenvalue weighted by molar-refractivity contribution is 0.237. The monoisotopic (exact) mass is 342 g/mol. The fourth-order valence-electron chi connectivity index (χ4n) is 2.55. The fourth-order valence-corrected chi connectivity index (χ4v) is 2.68. The molecule has 5 heteroatoms. The van der Waals surface area contributed by atoms with E-state index in [0.29, 0.717) is 18.0 Å². The van der Waals surface area contributed by atoms with Crippen molar-refractivity contribution in [3.8, 4) is 0 Å². The Bertz CT molecular complexity index is 794. The van der Waals surface area contributed by atoms with Crippen molar-refractivity contribution >= 4 is 28.6 Å². The number of hydrogen-bond acceptors (Lipinski definition) is 2. The van der Waals surface area contributed by atoms with Gasteiger partial charge in [0.15, 0.2) is 0 Å². The molecule has 3 aromatic rings. The Kier molecular flexibility index (Phi) is 5.06. The SMILES string of the molecule is C[C@@H](Cc1cc2ccccc2o1)NC(=O)NCc1ccc(Cl)cc1. The van der Waals surface area contributed by atoms with E-state index in [1.165, 1.54) is 0 Å². The van der Waals surface area contributed by atoms with Crippen LogP contribution >= 0.6 is 11.6 Å². The third-order valence-corrected chi connectivity index (χ3v) is 3.98. The average Bonchev–Trinajstić information content (AvgIpc) is 2.96. The first-order valence-electron chi connectivity index (χ1n) is 7.86. The predicted molar refractivity (Wildman–Crippen MR) is 96.2 cm³/mol. The molecule has 0 aliphatic carbocycles. The first-order chi connectivity index (χ1) is 11.6. The summed E-state index contributed by atoms with van der Waals surface area (Å²) >= 11 is 5.84. The summed E-state index contributed by atoms with van der Waals surface area (Å²) in [5.74, 6) is 0.863. The molecular formula is C19H19ClN2O2. The van der Waals surface area contributed by atoms with Crippen molar-refractivity contribution in [1.29, 1.82) is 0 Å². The molecule has 0 aliphatic rings. The van der Waals surface area contributed by atoms with Gasteiger partial charge >= 0.3 is 6.03 Å². The van der Waals surface area contributed by atoms with Crippen LogP contribution in [0.1, 0.15) is 18.2 Å². The van der Waals surface area contributed by atoms with Gasteiger partial charge in [-0.1, -0.05) is 41.9 Å². The molecule has 2 N–H and O–H groups in total. The maximum atomic E-state index is 12.0. The summed E-state index contributed by atoms with van der Waals surface area (Å²) in [6, 6.07) is 17.1. The Hall–Kier alpha value is -2.46. The number of fused-ring (bicyclic) bond motifs is 1. The Balaban J connectivity index is 1.49. The third-order valence-electron chi connectivity index (χ3n) is 3.73. The van der Waals surface area contributed by atoms with E-state index in [0.717, 1.165) is 22.3 Å². The number of urea groups is 1. The molecule has 0 fully saturated rings. The van der Waals surface area contributed by atoms with Gasteiger partial charge in [-0.05, 0) is 36.8 Å². The molecular weight excluding hydrogens is 324 g/mol. The molecule has 0 saturated heterocycles. The number of amides is 2. The highest BCUT2D eigenvalue weighted by Gasteiger charge is 2.11. The molecule has 124 valence electrons. The number of hydrogen-bond donors (Lipinski definition) is 2. The number of carbonyl (C=O) groups is 1. The Labute approximate surface area is 145 Å². The van der Waals surface area contributed by atoms with E-state index in [1.807, 2.05) is 49.4 Å². The first kappa shape index (κ1) is 16.4. The minimum atomic E-state index is -0.200. The predicted octanol–water partition coefficient (Wildman–Crippen LogP) is 4.52. The highest BCUT2D eigenvalue weighted by atomic mass is 35.5. The van der Waals surface area contributed by atoms with Crippen LogP contribution in [0.2, 0.25) is 5.02 Å². The molecule has 2 aromatic carbocycles. The molecule has 0 unspecified atom stereocenters. The lowest BCUT2D eigenvalue weighted by Gasteiger charge is -2.13. The molecule has 4 nitrogen and oxygen atoms in total. The van der Waals surface area contributed by atoms with Crippen LogP contribution in [0.5, 0.6) is 0 Å². The molecule has 0 bridgehead atoms. The molecule has 0 aliphatic heterocycles. The zero-order valence-electron chi connectivity index (χ0n) is 13.4. The van der Waals surface area contributed by atoms with Gasteiger partial charge in [-0.2, -0.15) is 0 Å². The molecule has 1 atom stereocenters. The maximum Gasteiger partial charge on any atom is 0.315 e. The van der Waals surface area contributed by atoms with Crippen LogP contribution in [-0.4, -0.2) is 12.1 Å². The van der Waals surface area contributed by atoms with E-state index < -0.39 is 0 Å². The summed E-state index contributed by atoms with van der Waals surface area (Å²) in [6.45, 7) is 2.41. The van der Waals surface area contributed by atoms with Gasteiger partial charge in [-0.25, -0.2) is 4.79 Å². The summed E-state index contributed by atoms with van der Waals surface area (Å²) in [5, 5.41) is 7.52. The van der Waals surface area contributed by atoms with E-state index >= 15 is 0 Å². The van der Waals surface area contributed by atoms with Gasteiger partial charge in [-0.15, -0.1) is 0 Å². The van der Waals surface area contributed by atoms with Gasteiger partial charge in [0.25, 0.3) is 0 Å². The minimum Gasteiger partial charge on any atom is -0.461 e. The van der Waals surface area contributed by atoms with Crippen molar-refractivity contribution in [3.63, 3.8) is 0 Å². The molecule has 24 heavy (non-hydrogen) atoms. The number of nitrogens with one attached hydrogen (secondary N) is 2. The third kappa shape index (κ3) is 4.30. The van der Waals surface area contributed by atoms with Gasteiger partial charge in [0.05, 0.1) is 0 Å². The van der Waals surface area contributed by atoms with Crippen molar-refractivity contribution in [1.82, 2.24) is 10.6 Å². The number of carbonyl (C=O) groups excluding carboxylic acids is 1. The van der Waals surface area contributed by atoms with Crippen molar-refractivity contribution in [2.45, 2.75) is 25.9 Å². The van der Waals surface area contributed by atoms with E-state index in [-0.39, 0.29) is 12.1 Å². The van der Waals surface area contributed by atoms with Crippen LogP contribution in [0.25, 0.3) is 11.0 Å². The number of rotatable bonds is 5. The van der Waals surface area contributed by atoms with E-state index in [9.17, 15) is 4.79 Å². The number of para-hydroxylation sites is 1. The maximum absolute atomic E-state index is 12.0. The molecule has 0 saturated carbocycles. The van der Waals surface area contributed by atoms with Crippen LogP contribution in [0.3, 0.4) is 0 Å². The van der Waals surface area contributed by atoms with Gasteiger partial charge in [0.2, 0.25) is 0 Å². The smallest absolute Gasteiger partial charge is 0.315 e. The van der Waals surface area contributed by atoms with Crippen LogP contribution < -0.4 is 10.6 Å². The molecule has 1 aromatic heterocycles. The van der Waals surface area contributed by atoms with Crippen molar-refractivity contribution in [2.75, 3.05) is 0 Å². The van der Waals surface area contributed by atoms with Gasteiger partial charge < -0.3 is 15.1 Å². The summed E-state index contributed by atoms with van der Waals surface area (Å²) in [5.41, 5.74) is 1.87. The number of furan rings is 1. The highest BCUT2D eigenvalue weighted by Crippen LogP contribution is 2.19. The normalized spacial score (nSPS) is 12.1. The second-order valence-corrected chi connectivity index (χ2v) is 6.25. The van der Waals surface area contributed by atoms with Crippen molar-refractivity contribution in [2.24, 2.45) is 0 Å². The Morgan fingerprint density at radius 3 is 2.67 bits per heavy atom. The minimum absolute atomic E-state index is 0.0317. The summed E-state index contributed by atoms with van der Waals surface area (Å²) in [7, 11) is 0. The second-order valence-electron chi connectivity index (χ2n) is 5.81. The van der Waals surface area contributed by atoms with Gasteiger partial charge in [0, 0.05) is 29.4 Å². The molecule has 3 rings (SSSR count). The zero-order chi connectivity index (χ0) is 16.9. The number of benzene rings is 2. The summed E-state index contributed by atoms with van der Waals surface area (Å²) in [6.07, 6.45) is 0.642. The molecule has 1 heterocycles. The Morgan fingerprint density at radius 1 is 1.17 bits per heavy atom. The zero-order valence-corrected chi connectivity index (χ0v) is 14.1. The van der Waals surface area contributed by atoms with Crippen molar-refractivity contribution < 1.29 is 9.21 Å². The van der Waals surface area contributed by atoms with Crippen LogP contribution in [0.15, 0.2) is 59.0 Å². The van der Waals surface area contributed by atoms with Crippen molar-refractivity contribution in [3.05, 3.63) is 70.9 Å². The summed E-state index contributed by atoms with van der Waals surface area (Å²) in [4.78, 5) is 12.0. The molecule has 2 amide bonds. The van der Waals surface area contributed by atoms with Crippen LogP contribution in [0.4, 0.5) is 4.79 Å². The first-order valence-corrected chi connectivity index (χ1v) is 8.24. The lowest BCUT2D eigenvalue weighted by atomic mass is 10.2. The number of halogens is 1. The highest BCUT2D eigenvalue weighted by molar-refractivity contribution is 6.30. The Morgan fingerprint density at radius 2 is 1.92 bits per heavy atom. The molecule has 0 radical (unpaired) electrons. The van der Waals surface area contributed by atoms with E-state index in [1.54, 1.807) is 12.1 Å². The van der Waals surface area contributed by atoms with E-state index in [2.05, 4.69) is 10.6 Å².